The Labute approximate surface area is 118 Å². The molecule has 0 aliphatic carbocycles. The Morgan fingerprint density at radius 3 is 3.05 bits per heavy atom. The van der Waals surface area contributed by atoms with Crippen LogP contribution >= 0.6 is 11.8 Å². The maximum atomic E-state index is 12.2. The molecule has 0 spiro atoms. The highest BCUT2D eigenvalue weighted by Crippen LogP contribution is 2.31. The molecule has 2 fully saturated rings. The molecule has 0 bridgehead atoms. The molecule has 0 aromatic heterocycles. The van der Waals surface area contributed by atoms with Gasteiger partial charge in [0, 0.05) is 11.8 Å². The molecule has 102 valence electrons. The lowest BCUT2D eigenvalue weighted by molar-refractivity contribution is -0.130. The highest BCUT2D eigenvalue weighted by molar-refractivity contribution is 7.99. The summed E-state index contributed by atoms with van der Waals surface area (Å²) in [5.74, 6) is 2.57. The zero-order valence-corrected chi connectivity index (χ0v) is 12.1. The number of benzene rings is 1. The van der Waals surface area contributed by atoms with Gasteiger partial charge >= 0.3 is 0 Å². The van der Waals surface area contributed by atoms with Gasteiger partial charge in [-0.15, -0.1) is 0 Å². The van der Waals surface area contributed by atoms with E-state index in [2.05, 4.69) is 41.4 Å². The minimum Gasteiger partial charge on any atom is -0.318 e. The molecule has 1 amide bonds. The Kier molecular flexibility index (Phi) is 3.80. The molecule has 1 aromatic carbocycles. The van der Waals surface area contributed by atoms with Crippen LogP contribution in [0.25, 0.3) is 0 Å². The third-order valence-corrected chi connectivity index (χ3v) is 5.10. The molecule has 1 aromatic rings. The zero-order chi connectivity index (χ0) is 13.2. The molecule has 0 radical (unpaired) electrons. The first kappa shape index (κ1) is 13.0. The topological polar surface area (TPSA) is 32.3 Å². The second-order valence-electron chi connectivity index (χ2n) is 5.37. The van der Waals surface area contributed by atoms with Crippen LogP contribution in [0, 0.1) is 6.92 Å². The van der Waals surface area contributed by atoms with E-state index in [1.807, 2.05) is 11.8 Å². The summed E-state index contributed by atoms with van der Waals surface area (Å²) in [5.41, 5.74) is 2.46. The third-order valence-electron chi connectivity index (χ3n) is 3.90. The van der Waals surface area contributed by atoms with Gasteiger partial charge < -0.3 is 4.90 Å². The number of aryl methyl sites for hydroxylation is 1. The fourth-order valence-corrected chi connectivity index (χ4v) is 4.13. The molecular weight excluding hydrogens is 256 g/mol. The highest BCUT2D eigenvalue weighted by atomic mass is 32.2. The largest absolute Gasteiger partial charge is 0.318 e. The van der Waals surface area contributed by atoms with E-state index in [1.54, 1.807) is 0 Å². The van der Waals surface area contributed by atoms with Crippen molar-refractivity contribution in [2.45, 2.75) is 32.0 Å². The van der Waals surface area contributed by atoms with E-state index in [9.17, 15) is 4.79 Å². The van der Waals surface area contributed by atoms with Crippen LogP contribution < -0.4 is 5.32 Å². The Morgan fingerprint density at radius 2 is 2.32 bits per heavy atom. The molecule has 2 saturated heterocycles. The van der Waals surface area contributed by atoms with Crippen molar-refractivity contribution in [1.29, 1.82) is 0 Å². The normalized spacial score (nSPS) is 27.8. The number of hydrogen-bond acceptors (Lipinski definition) is 3. The summed E-state index contributed by atoms with van der Waals surface area (Å²) in [6, 6.07) is 8.86. The van der Waals surface area contributed by atoms with Gasteiger partial charge in [0.15, 0.2) is 0 Å². The summed E-state index contributed by atoms with van der Waals surface area (Å²) < 4.78 is 0. The molecule has 2 heterocycles. The van der Waals surface area contributed by atoms with Crippen LogP contribution in [-0.2, 0) is 4.79 Å². The Hall–Kier alpha value is -1.00. The molecule has 4 heteroatoms. The van der Waals surface area contributed by atoms with E-state index in [4.69, 9.17) is 0 Å². The minimum atomic E-state index is 0.0658. The Bertz CT molecular complexity index is 471. The summed E-state index contributed by atoms with van der Waals surface area (Å²) >= 11 is 1.97. The van der Waals surface area contributed by atoms with E-state index >= 15 is 0 Å². The van der Waals surface area contributed by atoms with Gasteiger partial charge in [-0.1, -0.05) is 29.8 Å². The van der Waals surface area contributed by atoms with Crippen molar-refractivity contribution in [2.75, 3.05) is 18.1 Å². The lowest BCUT2D eigenvalue weighted by Crippen LogP contribution is -2.42. The van der Waals surface area contributed by atoms with Crippen LogP contribution in [0.4, 0.5) is 0 Å². The summed E-state index contributed by atoms with van der Waals surface area (Å²) in [7, 11) is 0. The van der Waals surface area contributed by atoms with Crippen molar-refractivity contribution in [3.8, 4) is 0 Å². The van der Waals surface area contributed by atoms with Crippen molar-refractivity contribution < 1.29 is 4.79 Å². The predicted molar refractivity (Wildman–Crippen MR) is 79.1 cm³/mol. The van der Waals surface area contributed by atoms with Gasteiger partial charge in [0.2, 0.25) is 5.91 Å². The fourth-order valence-electron chi connectivity index (χ4n) is 2.99. The van der Waals surface area contributed by atoms with Crippen molar-refractivity contribution in [3.63, 3.8) is 0 Å². The molecule has 3 nitrogen and oxygen atoms in total. The fraction of sp³-hybridized carbons (Fsp3) is 0.533. The molecule has 1 N–H and O–H groups in total. The van der Waals surface area contributed by atoms with Crippen LogP contribution in [0.1, 0.15) is 30.1 Å². The van der Waals surface area contributed by atoms with Gasteiger partial charge in [-0.3, -0.25) is 10.1 Å². The van der Waals surface area contributed by atoms with Crippen molar-refractivity contribution >= 4 is 17.7 Å². The molecular formula is C15H20N2OS. The highest BCUT2D eigenvalue weighted by Gasteiger charge is 2.37. The first-order valence-corrected chi connectivity index (χ1v) is 8.10. The lowest BCUT2D eigenvalue weighted by Gasteiger charge is -2.35. The average Bonchev–Trinajstić information content (AvgIpc) is 2.82. The van der Waals surface area contributed by atoms with Gasteiger partial charge in [-0.2, -0.15) is 11.8 Å². The van der Waals surface area contributed by atoms with Crippen molar-refractivity contribution in [2.24, 2.45) is 0 Å². The molecule has 19 heavy (non-hydrogen) atoms. The maximum absolute atomic E-state index is 12.2. The first-order chi connectivity index (χ1) is 9.25. The average molecular weight is 276 g/mol. The molecule has 3 rings (SSSR count). The molecule has 2 unspecified atom stereocenters. The number of carbonyl (C=O) groups is 1. The van der Waals surface area contributed by atoms with Crippen LogP contribution in [0.15, 0.2) is 24.3 Å². The van der Waals surface area contributed by atoms with Crippen molar-refractivity contribution in [1.82, 2.24) is 10.2 Å². The van der Waals surface area contributed by atoms with E-state index in [1.165, 1.54) is 23.3 Å². The van der Waals surface area contributed by atoms with Gasteiger partial charge in [0.25, 0.3) is 0 Å². The number of nitrogens with one attached hydrogen (secondary N) is 1. The molecule has 2 aliphatic rings. The monoisotopic (exact) mass is 276 g/mol. The van der Waals surface area contributed by atoms with Gasteiger partial charge in [0.05, 0.1) is 6.54 Å². The summed E-state index contributed by atoms with van der Waals surface area (Å²) in [4.78, 5) is 14.3. The van der Waals surface area contributed by atoms with Gasteiger partial charge in [0.1, 0.15) is 6.17 Å². The first-order valence-electron chi connectivity index (χ1n) is 6.94. The standard InChI is InChI=1S/C15H20N2OS/c1-11-4-2-5-12(8-11)15-16-9-14(18)17(15)13-6-3-7-19-10-13/h2,4-5,8,13,15-16H,3,6-7,9-10H2,1H3. The number of rotatable bonds is 2. The zero-order valence-electron chi connectivity index (χ0n) is 11.3. The third kappa shape index (κ3) is 2.65. The predicted octanol–water partition coefficient (Wildman–Crippen LogP) is 2.32. The number of amides is 1. The Balaban J connectivity index is 1.85. The number of hydrogen-bond donors (Lipinski definition) is 1. The second kappa shape index (κ2) is 5.55. The van der Waals surface area contributed by atoms with Crippen LogP contribution in [0.5, 0.6) is 0 Å². The van der Waals surface area contributed by atoms with Crippen LogP contribution in [-0.4, -0.2) is 34.9 Å². The van der Waals surface area contributed by atoms with Gasteiger partial charge in [-0.25, -0.2) is 0 Å². The molecule has 2 atom stereocenters. The number of carbonyl (C=O) groups excluding carboxylic acids is 1. The minimum absolute atomic E-state index is 0.0658. The van der Waals surface area contributed by atoms with E-state index in [0.29, 0.717) is 12.6 Å². The van der Waals surface area contributed by atoms with Crippen molar-refractivity contribution in [3.05, 3.63) is 35.4 Å². The van der Waals surface area contributed by atoms with E-state index in [-0.39, 0.29) is 12.1 Å². The quantitative estimate of drug-likeness (QED) is 0.900. The van der Waals surface area contributed by atoms with E-state index < -0.39 is 0 Å². The lowest BCUT2D eigenvalue weighted by atomic mass is 10.1. The van der Waals surface area contributed by atoms with Crippen LogP contribution in [0.3, 0.4) is 0 Å². The van der Waals surface area contributed by atoms with Gasteiger partial charge in [-0.05, 0) is 31.1 Å². The Morgan fingerprint density at radius 1 is 1.42 bits per heavy atom. The molecule has 2 aliphatic heterocycles. The maximum Gasteiger partial charge on any atom is 0.238 e. The summed E-state index contributed by atoms with van der Waals surface area (Å²) in [6.45, 7) is 2.57. The smallest absolute Gasteiger partial charge is 0.238 e. The number of nitrogens with zero attached hydrogens (tertiary/aromatic N) is 1. The summed E-state index contributed by atoms with van der Waals surface area (Å²) in [6.07, 6.45) is 2.43. The second-order valence-corrected chi connectivity index (χ2v) is 6.52. The SMILES string of the molecule is Cc1cccc(C2NCC(=O)N2C2CCCSC2)c1. The molecule has 0 saturated carbocycles. The van der Waals surface area contributed by atoms with E-state index in [0.717, 1.165) is 12.2 Å². The van der Waals surface area contributed by atoms with Crippen LogP contribution in [0.2, 0.25) is 0 Å². The number of thioether (sulfide) groups is 1. The summed E-state index contributed by atoms with van der Waals surface area (Å²) in [5, 5.41) is 3.36.